The van der Waals surface area contributed by atoms with Gasteiger partial charge in [0.05, 0.1) is 0 Å². The summed E-state index contributed by atoms with van der Waals surface area (Å²) in [7, 11) is 2.18. The largest absolute Gasteiger partial charge is 0.329 e. The van der Waals surface area contributed by atoms with Gasteiger partial charge in [0.2, 0.25) is 0 Å². The Morgan fingerprint density at radius 1 is 1.38 bits per heavy atom. The highest BCUT2D eigenvalue weighted by Crippen LogP contribution is 2.24. The van der Waals surface area contributed by atoms with Crippen LogP contribution in [0.3, 0.4) is 0 Å². The lowest BCUT2D eigenvalue weighted by atomic mass is 10.1. The Kier molecular flexibility index (Phi) is 3.14. The van der Waals surface area contributed by atoms with Crippen molar-refractivity contribution >= 4 is 11.8 Å². The number of hydrogen-bond acceptors (Lipinski definition) is 4. The van der Waals surface area contributed by atoms with Crippen LogP contribution in [0.5, 0.6) is 0 Å². The summed E-state index contributed by atoms with van der Waals surface area (Å²) in [5.41, 5.74) is 5.74. The van der Waals surface area contributed by atoms with Gasteiger partial charge in [-0.15, -0.1) is 0 Å². The maximum Gasteiger partial charge on any atom is 0.0343 e. The maximum absolute atomic E-state index is 5.74. The average Bonchev–Trinajstić information content (AvgIpc) is 2.05. The van der Waals surface area contributed by atoms with Crippen LogP contribution in [0.15, 0.2) is 0 Å². The summed E-state index contributed by atoms with van der Waals surface area (Å²) < 4.78 is 0. The monoisotopic (exact) mass is 201 g/mol. The standard InChI is InChI=1S/C9H19N3S/c1-11-2-3-12(5-8(11)4-10)9-6-13-7-9/h8-9H,2-7,10H2,1H3. The molecule has 1 atom stereocenters. The van der Waals surface area contributed by atoms with E-state index in [0.29, 0.717) is 6.04 Å². The molecule has 1 unspecified atom stereocenters. The molecular weight excluding hydrogens is 182 g/mol. The van der Waals surface area contributed by atoms with E-state index in [9.17, 15) is 0 Å². The van der Waals surface area contributed by atoms with Crippen molar-refractivity contribution in [3.8, 4) is 0 Å². The van der Waals surface area contributed by atoms with Gasteiger partial charge in [0, 0.05) is 49.8 Å². The van der Waals surface area contributed by atoms with Gasteiger partial charge in [-0.1, -0.05) is 0 Å². The predicted octanol–water partition coefficient (Wildman–Crippen LogP) is -0.323. The highest BCUT2D eigenvalue weighted by Gasteiger charge is 2.31. The van der Waals surface area contributed by atoms with Crippen LogP contribution < -0.4 is 5.73 Å². The van der Waals surface area contributed by atoms with Crippen LogP contribution >= 0.6 is 11.8 Å². The molecule has 2 N–H and O–H groups in total. The summed E-state index contributed by atoms with van der Waals surface area (Å²) in [5.74, 6) is 2.67. The van der Waals surface area contributed by atoms with E-state index in [1.54, 1.807) is 0 Å². The van der Waals surface area contributed by atoms with Crippen molar-refractivity contribution in [2.45, 2.75) is 12.1 Å². The molecule has 13 heavy (non-hydrogen) atoms. The van der Waals surface area contributed by atoms with Gasteiger partial charge in [-0.25, -0.2) is 0 Å². The van der Waals surface area contributed by atoms with Crippen molar-refractivity contribution in [3.63, 3.8) is 0 Å². The number of hydrogen-bond donors (Lipinski definition) is 1. The molecule has 2 heterocycles. The molecule has 0 aliphatic carbocycles. The Hall–Kier alpha value is 0.230. The fraction of sp³-hybridized carbons (Fsp3) is 1.00. The van der Waals surface area contributed by atoms with Gasteiger partial charge in [0.15, 0.2) is 0 Å². The molecule has 76 valence electrons. The van der Waals surface area contributed by atoms with Crippen LogP contribution in [0.2, 0.25) is 0 Å². The SMILES string of the molecule is CN1CCN(C2CSC2)CC1CN. The number of thioether (sulfide) groups is 1. The Balaban J connectivity index is 1.86. The number of piperazine rings is 1. The summed E-state index contributed by atoms with van der Waals surface area (Å²) >= 11 is 2.06. The average molecular weight is 201 g/mol. The molecule has 0 aromatic rings. The van der Waals surface area contributed by atoms with Gasteiger partial charge in [-0.3, -0.25) is 9.80 Å². The van der Waals surface area contributed by atoms with Crippen molar-refractivity contribution in [1.29, 1.82) is 0 Å². The lowest BCUT2D eigenvalue weighted by Crippen LogP contribution is -2.59. The molecule has 0 amide bonds. The highest BCUT2D eigenvalue weighted by molar-refractivity contribution is 8.00. The van der Waals surface area contributed by atoms with E-state index < -0.39 is 0 Å². The second-order valence-corrected chi connectivity index (χ2v) is 5.13. The molecule has 0 aromatic heterocycles. The van der Waals surface area contributed by atoms with Gasteiger partial charge < -0.3 is 5.73 Å². The normalized spacial score (nSPS) is 33.2. The Morgan fingerprint density at radius 3 is 2.69 bits per heavy atom. The predicted molar refractivity (Wildman–Crippen MR) is 58.2 cm³/mol. The zero-order valence-electron chi connectivity index (χ0n) is 8.28. The first kappa shape index (κ1) is 9.77. The fourth-order valence-corrected chi connectivity index (χ4v) is 2.86. The summed E-state index contributed by atoms with van der Waals surface area (Å²) in [5, 5.41) is 0. The molecule has 3 nitrogen and oxygen atoms in total. The zero-order chi connectivity index (χ0) is 9.26. The minimum absolute atomic E-state index is 0.583. The van der Waals surface area contributed by atoms with Gasteiger partial charge in [0.1, 0.15) is 0 Å². The number of likely N-dealkylation sites (N-methyl/N-ethyl adjacent to an activating group) is 1. The molecule has 0 bridgehead atoms. The first-order valence-electron chi connectivity index (χ1n) is 5.03. The smallest absolute Gasteiger partial charge is 0.0343 e. The van der Waals surface area contributed by atoms with E-state index >= 15 is 0 Å². The topological polar surface area (TPSA) is 32.5 Å². The van der Waals surface area contributed by atoms with Gasteiger partial charge in [-0.2, -0.15) is 11.8 Å². The second-order valence-electron chi connectivity index (χ2n) is 4.06. The van der Waals surface area contributed by atoms with E-state index in [1.807, 2.05) is 0 Å². The molecule has 4 heteroatoms. The fourth-order valence-electron chi connectivity index (χ4n) is 1.99. The lowest BCUT2D eigenvalue weighted by Gasteiger charge is -2.45. The van der Waals surface area contributed by atoms with Crippen molar-refractivity contribution in [2.24, 2.45) is 5.73 Å². The second kappa shape index (κ2) is 4.17. The Labute approximate surface area is 84.6 Å². The van der Waals surface area contributed by atoms with Crippen molar-refractivity contribution < 1.29 is 0 Å². The first-order chi connectivity index (χ1) is 6.31. The van der Waals surface area contributed by atoms with Crippen LogP contribution in [-0.2, 0) is 0 Å². The molecule has 2 fully saturated rings. The third-order valence-electron chi connectivity index (χ3n) is 3.22. The number of nitrogens with two attached hydrogens (primary N) is 1. The zero-order valence-corrected chi connectivity index (χ0v) is 9.09. The first-order valence-corrected chi connectivity index (χ1v) is 6.19. The minimum Gasteiger partial charge on any atom is -0.329 e. The van der Waals surface area contributed by atoms with Crippen LogP contribution in [0, 0.1) is 0 Å². The summed E-state index contributed by atoms with van der Waals surface area (Å²) in [6.07, 6.45) is 0. The molecule has 0 saturated carbocycles. The van der Waals surface area contributed by atoms with Crippen LogP contribution in [0.1, 0.15) is 0 Å². The molecule has 2 aliphatic rings. The lowest BCUT2D eigenvalue weighted by molar-refractivity contribution is 0.0782. The van der Waals surface area contributed by atoms with Crippen LogP contribution in [-0.4, -0.2) is 66.6 Å². The van der Waals surface area contributed by atoms with E-state index in [-0.39, 0.29) is 0 Å². The molecule has 2 rings (SSSR count). The van der Waals surface area contributed by atoms with Gasteiger partial charge in [0.25, 0.3) is 0 Å². The van der Waals surface area contributed by atoms with E-state index in [2.05, 4.69) is 28.6 Å². The summed E-state index contributed by atoms with van der Waals surface area (Å²) in [6.45, 7) is 4.40. The Bertz CT molecular complexity index is 172. The highest BCUT2D eigenvalue weighted by atomic mass is 32.2. The van der Waals surface area contributed by atoms with E-state index in [1.165, 1.54) is 31.1 Å². The van der Waals surface area contributed by atoms with Crippen LogP contribution in [0.4, 0.5) is 0 Å². The molecule has 2 saturated heterocycles. The molecular formula is C9H19N3S. The van der Waals surface area contributed by atoms with Gasteiger partial charge >= 0.3 is 0 Å². The van der Waals surface area contributed by atoms with Crippen molar-refractivity contribution in [1.82, 2.24) is 9.80 Å². The van der Waals surface area contributed by atoms with E-state index in [0.717, 1.165) is 12.6 Å². The molecule has 0 radical (unpaired) electrons. The quantitative estimate of drug-likeness (QED) is 0.663. The molecule has 2 aliphatic heterocycles. The maximum atomic E-state index is 5.74. The minimum atomic E-state index is 0.583. The van der Waals surface area contributed by atoms with Crippen LogP contribution in [0.25, 0.3) is 0 Å². The van der Waals surface area contributed by atoms with Gasteiger partial charge in [-0.05, 0) is 7.05 Å². The summed E-state index contributed by atoms with van der Waals surface area (Å²) in [4.78, 5) is 5.01. The third kappa shape index (κ3) is 2.01. The molecule has 0 spiro atoms. The van der Waals surface area contributed by atoms with Crippen molar-refractivity contribution in [3.05, 3.63) is 0 Å². The number of nitrogens with zero attached hydrogens (tertiary/aromatic N) is 2. The summed E-state index contributed by atoms with van der Waals surface area (Å²) in [6, 6.07) is 1.44. The third-order valence-corrected chi connectivity index (χ3v) is 4.46. The van der Waals surface area contributed by atoms with Crippen molar-refractivity contribution in [2.75, 3.05) is 44.7 Å². The molecule has 0 aromatic carbocycles. The van der Waals surface area contributed by atoms with E-state index in [4.69, 9.17) is 5.73 Å². The Morgan fingerprint density at radius 2 is 2.15 bits per heavy atom. The number of rotatable bonds is 2.